The van der Waals surface area contributed by atoms with Crippen LogP contribution < -0.4 is 15.4 Å². The molecule has 192 valence electrons. The highest BCUT2D eigenvalue weighted by Gasteiger charge is 2.41. The molecule has 38 heavy (non-hydrogen) atoms. The Morgan fingerprint density at radius 2 is 1.92 bits per heavy atom. The van der Waals surface area contributed by atoms with Gasteiger partial charge in [0, 0.05) is 64.0 Å². The molecule has 0 spiro atoms. The van der Waals surface area contributed by atoms with E-state index in [9.17, 15) is 18.4 Å². The normalized spacial score (nSPS) is 14.9. The predicted molar refractivity (Wildman–Crippen MR) is 138 cm³/mol. The van der Waals surface area contributed by atoms with E-state index in [1.54, 1.807) is 18.3 Å². The molecule has 0 fully saturated rings. The molecule has 2 aromatic heterocycles. The maximum absolute atomic E-state index is 13.2. The van der Waals surface area contributed by atoms with E-state index in [1.807, 2.05) is 26.1 Å². The highest BCUT2D eigenvalue weighted by Crippen LogP contribution is 2.46. The molecule has 1 aliphatic carbocycles. The van der Waals surface area contributed by atoms with Crippen LogP contribution in [0.1, 0.15) is 41.0 Å². The van der Waals surface area contributed by atoms with Crippen LogP contribution in [0.3, 0.4) is 0 Å². The Morgan fingerprint density at radius 1 is 1.16 bits per heavy atom. The lowest BCUT2D eigenvalue weighted by molar-refractivity contribution is -0.119. The number of H-pyrrole nitrogens is 1. The number of halogens is 3. The van der Waals surface area contributed by atoms with E-state index in [2.05, 4.69) is 30.6 Å². The van der Waals surface area contributed by atoms with Gasteiger partial charge in [-0.2, -0.15) is 5.10 Å². The third-order valence-electron chi connectivity index (χ3n) is 6.80. The number of alkyl halides is 3. The Hall–Kier alpha value is -4.31. The zero-order valence-corrected chi connectivity index (χ0v) is 20.9. The average molecular weight is 536 g/mol. The van der Waals surface area contributed by atoms with E-state index in [-0.39, 0.29) is 11.7 Å². The van der Waals surface area contributed by atoms with Gasteiger partial charge in [-0.25, -0.2) is 0 Å². The lowest BCUT2D eigenvalue weighted by Gasteiger charge is -2.20. The van der Waals surface area contributed by atoms with Crippen molar-refractivity contribution in [3.05, 3.63) is 77.2 Å². The molecule has 3 heterocycles. The van der Waals surface area contributed by atoms with Crippen molar-refractivity contribution in [2.24, 2.45) is 0 Å². The molecule has 0 atom stereocenters. The predicted octanol–water partition coefficient (Wildman–Crippen LogP) is 5.69. The Morgan fingerprint density at radius 3 is 2.66 bits per heavy atom. The molecule has 11 heteroatoms. The molecule has 8 nitrogen and oxygen atoms in total. The Kier molecular flexibility index (Phi) is 5.29. The Labute approximate surface area is 220 Å². The summed E-state index contributed by atoms with van der Waals surface area (Å²) >= 11 is 4.80. The van der Waals surface area contributed by atoms with E-state index in [0.29, 0.717) is 28.9 Å². The minimum Gasteiger partial charge on any atom is -0.420 e. The van der Waals surface area contributed by atoms with Crippen LogP contribution in [0.2, 0.25) is 0 Å². The van der Waals surface area contributed by atoms with E-state index in [1.165, 1.54) is 24.3 Å². The van der Waals surface area contributed by atoms with Gasteiger partial charge in [-0.15, -0.1) is 8.78 Å². The monoisotopic (exact) mass is 535 g/mol. The molecule has 4 aromatic rings. The molecule has 0 unspecified atom stereocenters. The summed E-state index contributed by atoms with van der Waals surface area (Å²) in [4.78, 5) is 30.7. The van der Waals surface area contributed by atoms with Crippen molar-refractivity contribution < 1.29 is 23.1 Å². The Balaban J connectivity index is 1.38. The molecule has 3 N–H and O–H groups in total. The number of hydrogen-bond donors (Lipinski definition) is 3. The highest BCUT2D eigenvalue weighted by atomic mass is 35.5. The van der Waals surface area contributed by atoms with Gasteiger partial charge in [0.15, 0.2) is 0 Å². The van der Waals surface area contributed by atoms with Crippen LogP contribution in [-0.2, 0) is 16.6 Å². The smallest absolute Gasteiger partial charge is 0.420 e. The van der Waals surface area contributed by atoms with Crippen molar-refractivity contribution in [1.29, 1.82) is 0 Å². The minimum absolute atomic E-state index is 0.156. The molecule has 1 aliphatic heterocycles. The number of carbonyl (C=O) groups is 2. The largest absolute Gasteiger partial charge is 0.487 e. The van der Waals surface area contributed by atoms with Gasteiger partial charge in [0.2, 0.25) is 5.91 Å². The van der Waals surface area contributed by atoms with Crippen molar-refractivity contribution in [3.63, 3.8) is 0 Å². The summed E-state index contributed by atoms with van der Waals surface area (Å²) in [5, 5.41) is 12.9. The minimum atomic E-state index is -3.84. The molecule has 0 saturated heterocycles. The van der Waals surface area contributed by atoms with Gasteiger partial charge in [0.05, 0.1) is 16.8 Å². The van der Waals surface area contributed by atoms with Gasteiger partial charge >= 0.3 is 5.57 Å². The fraction of sp³-hybridized carbons (Fsp3) is 0.185. The maximum Gasteiger partial charge on any atom is 0.487 e. The molecule has 2 aliphatic rings. The number of benzene rings is 2. The van der Waals surface area contributed by atoms with E-state index < -0.39 is 16.9 Å². The summed E-state index contributed by atoms with van der Waals surface area (Å²) in [5.74, 6) is -0.785. The number of hydrogen-bond acceptors (Lipinski definition) is 5. The maximum atomic E-state index is 13.2. The van der Waals surface area contributed by atoms with Crippen LogP contribution in [-0.4, -0.2) is 32.6 Å². The second kappa shape index (κ2) is 8.35. The summed E-state index contributed by atoms with van der Waals surface area (Å²) < 4.78 is 30.1. The van der Waals surface area contributed by atoms with Gasteiger partial charge in [0.25, 0.3) is 5.91 Å². The number of amides is 2. The molecular formula is C27H20ClF2N5O3. The van der Waals surface area contributed by atoms with Crippen LogP contribution in [0.25, 0.3) is 22.4 Å². The summed E-state index contributed by atoms with van der Waals surface area (Å²) in [6, 6.07) is 10.7. The number of rotatable bonds is 5. The molecule has 2 aromatic carbocycles. The van der Waals surface area contributed by atoms with Crippen LogP contribution in [0, 0.1) is 0 Å². The fourth-order valence-electron chi connectivity index (χ4n) is 4.96. The van der Waals surface area contributed by atoms with Crippen LogP contribution in [0.5, 0.6) is 5.75 Å². The second-order valence-electron chi connectivity index (χ2n) is 9.71. The topological polar surface area (TPSA) is 109 Å². The van der Waals surface area contributed by atoms with Crippen molar-refractivity contribution in [2.75, 3.05) is 10.6 Å². The van der Waals surface area contributed by atoms with Gasteiger partial charge in [-0.05, 0) is 67.4 Å². The van der Waals surface area contributed by atoms with E-state index in [0.717, 1.165) is 33.6 Å². The average Bonchev–Trinajstić information content (AvgIpc) is 3.50. The van der Waals surface area contributed by atoms with Crippen molar-refractivity contribution in [2.45, 2.75) is 31.3 Å². The van der Waals surface area contributed by atoms with Crippen LogP contribution in [0.4, 0.5) is 20.2 Å². The zero-order chi connectivity index (χ0) is 26.8. The number of pyridine rings is 1. The highest BCUT2D eigenvalue weighted by molar-refractivity contribution is 6.20. The summed E-state index contributed by atoms with van der Waals surface area (Å²) in [6.45, 7) is 3.66. The number of ether oxygens (including phenoxy) is 1. The zero-order valence-electron chi connectivity index (χ0n) is 20.2. The number of aromatic amines is 1. The second-order valence-corrected chi connectivity index (χ2v) is 10.1. The van der Waals surface area contributed by atoms with Gasteiger partial charge in [-0.3, -0.25) is 19.7 Å². The first-order valence-corrected chi connectivity index (χ1v) is 12.1. The molecule has 6 rings (SSSR count). The third-order valence-corrected chi connectivity index (χ3v) is 6.88. The van der Waals surface area contributed by atoms with Gasteiger partial charge in [-0.1, -0.05) is 0 Å². The van der Waals surface area contributed by atoms with Gasteiger partial charge < -0.3 is 15.4 Å². The number of nitrogens with one attached hydrogen (secondary N) is 3. The van der Waals surface area contributed by atoms with E-state index in [4.69, 9.17) is 11.6 Å². The van der Waals surface area contributed by atoms with E-state index >= 15 is 0 Å². The SMILES string of the molecule is CC1(C)C(=O)Nc2cc(C(=O)Nc3ccc(OC(F)(F)Cl)cc3)cc(-c3cnc4c(c3)-c3n[nH]cc3C4)c21. The molecule has 0 saturated carbocycles. The standard InChI is InChI=1S/C27H20ClF2N5O3/c1-26(2)22-18(14-8-19-20(31-11-14)10-15-12-32-35-23(15)19)7-13(9-21(22)34-25(26)37)24(36)33-16-3-5-17(6-4-16)38-27(28,29)30/h3-9,11-12H,10H2,1-2H3,(H,32,35)(H,33,36)(H,34,37). The van der Waals surface area contributed by atoms with Crippen molar-refractivity contribution >= 4 is 34.8 Å². The molecule has 0 bridgehead atoms. The number of aromatic nitrogens is 3. The third kappa shape index (κ3) is 4.06. The fourth-order valence-corrected chi connectivity index (χ4v) is 5.05. The molecule has 2 amide bonds. The van der Waals surface area contributed by atoms with Crippen molar-refractivity contribution in [1.82, 2.24) is 15.2 Å². The van der Waals surface area contributed by atoms with Gasteiger partial charge in [0.1, 0.15) is 5.75 Å². The number of nitrogens with zero attached hydrogens (tertiary/aromatic N) is 2. The Bertz CT molecular complexity index is 1630. The van der Waals surface area contributed by atoms with Crippen LogP contribution in [0.15, 0.2) is 54.9 Å². The summed E-state index contributed by atoms with van der Waals surface area (Å²) in [6.07, 6.45) is 4.28. The lowest BCUT2D eigenvalue weighted by Crippen LogP contribution is -2.27. The lowest BCUT2D eigenvalue weighted by atomic mass is 9.80. The van der Waals surface area contributed by atoms with Crippen LogP contribution >= 0.6 is 11.6 Å². The summed E-state index contributed by atoms with van der Waals surface area (Å²) in [7, 11) is 0. The first-order chi connectivity index (χ1) is 18.0. The first kappa shape index (κ1) is 24.1. The number of anilines is 2. The quantitative estimate of drug-likeness (QED) is 0.250. The first-order valence-electron chi connectivity index (χ1n) is 11.7. The number of carbonyl (C=O) groups excluding carboxylic acids is 2. The molecular weight excluding hydrogens is 516 g/mol. The van der Waals surface area contributed by atoms with Crippen molar-refractivity contribution in [3.8, 4) is 28.1 Å². The number of fused-ring (bicyclic) bond motifs is 4. The molecule has 0 radical (unpaired) electrons. The summed E-state index contributed by atoms with van der Waals surface area (Å²) in [5.41, 5.74) is 2.45.